The second kappa shape index (κ2) is 19.9. The number of hydrogen-bond donors (Lipinski definition) is 4. The molecule has 7 rings (SSSR count). The summed E-state index contributed by atoms with van der Waals surface area (Å²) in [6, 6.07) is 22.3. The minimum atomic E-state index is -2.49. The van der Waals surface area contributed by atoms with Gasteiger partial charge in [-0.3, -0.25) is 28.8 Å². The van der Waals surface area contributed by atoms with Crippen molar-refractivity contribution in [3.8, 4) is 0 Å². The number of carboxylic acid groups (broad SMARTS) is 1. The molecule has 2 saturated carbocycles. The van der Waals surface area contributed by atoms with Crippen molar-refractivity contribution in [3.63, 3.8) is 0 Å². The summed E-state index contributed by atoms with van der Waals surface area (Å²) in [6.45, 7) is 7.73. The Bertz CT molecular complexity index is 2560. The molecule has 1 aliphatic heterocycles. The Labute approximate surface area is 403 Å². The third kappa shape index (κ3) is 9.34. The number of hydrogen-bond acceptors (Lipinski definition) is 16. The van der Waals surface area contributed by atoms with Gasteiger partial charge in [0.05, 0.1) is 29.6 Å². The fourth-order valence-corrected chi connectivity index (χ4v) is 10.9. The van der Waals surface area contributed by atoms with Gasteiger partial charge in [0, 0.05) is 50.5 Å². The maximum absolute atomic E-state index is 15.7. The molecule has 1 amide bonds. The topological polar surface area (TPSA) is 265 Å². The van der Waals surface area contributed by atoms with Crippen molar-refractivity contribution in [2.24, 2.45) is 16.7 Å². The molecule has 1 heterocycles. The minimum absolute atomic E-state index is 0.0272. The van der Waals surface area contributed by atoms with Gasteiger partial charge in [0.15, 0.2) is 17.5 Å². The predicted molar refractivity (Wildman–Crippen MR) is 243 cm³/mol. The molecule has 4 aliphatic rings. The Morgan fingerprint density at radius 2 is 1.41 bits per heavy atom. The first-order chi connectivity index (χ1) is 33.1. The first-order valence-electron chi connectivity index (χ1n) is 23.0. The number of fused-ring (bicyclic) bond motifs is 5. The van der Waals surface area contributed by atoms with Crippen molar-refractivity contribution in [3.05, 3.63) is 119 Å². The van der Waals surface area contributed by atoms with Crippen molar-refractivity contribution in [2.75, 3.05) is 6.61 Å². The van der Waals surface area contributed by atoms with Crippen molar-refractivity contribution in [1.82, 2.24) is 5.32 Å². The number of ketones is 1. The first-order valence-corrected chi connectivity index (χ1v) is 23.0. The molecule has 1 saturated heterocycles. The number of ether oxygens (including phenoxy) is 6. The molecule has 3 aliphatic carbocycles. The summed E-state index contributed by atoms with van der Waals surface area (Å²) in [5.74, 6) is -9.41. The lowest BCUT2D eigenvalue weighted by Crippen LogP contribution is -2.82. The standard InChI is InChI=1S/C52H57NO17/c1-28-34(67-48(63)42(68-38(59)24-16-23-37(57)58)40(31-17-10-7-11-18-31)53-46(61)32-19-12-8-13-20-32)26-52(64)45(69-47(62)33-21-14-9-15-22-33)43-50(6,35(56)25-36-51(43,27-65-36)70-30(3)55)44(60)41(66-29(2)54)39(28)49(52,4)5/h7-15,17-22,34-36,40-43,45,56,64H,16,23-27H2,1-6H3,(H,53,61)(H,57,58)/t34-,35-,36+,40?,41+,42+,43-,45-,50+,51-,52+/m0/s1. The van der Waals surface area contributed by atoms with Crippen LogP contribution in [0.4, 0.5) is 0 Å². The van der Waals surface area contributed by atoms with Gasteiger partial charge in [-0.25, -0.2) is 9.59 Å². The maximum atomic E-state index is 15.7. The van der Waals surface area contributed by atoms with Crippen molar-refractivity contribution >= 4 is 47.5 Å². The average Bonchev–Trinajstić information content (AvgIpc) is 3.31. The van der Waals surface area contributed by atoms with Gasteiger partial charge < -0.3 is 49.1 Å². The van der Waals surface area contributed by atoms with Crippen LogP contribution in [0.15, 0.2) is 102 Å². The summed E-state index contributed by atoms with van der Waals surface area (Å²) in [5, 5.41) is 38.1. The van der Waals surface area contributed by atoms with Gasteiger partial charge in [0.2, 0.25) is 6.10 Å². The van der Waals surface area contributed by atoms with Crippen molar-refractivity contribution < 1.29 is 82.1 Å². The molecule has 70 heavy (non-hydrogen) atoms. The quantitative estimate of drug-likeness (QED) is 0.0925. The highest BCUT2D eigenvalue weighted by molar-refractivity contribution is 5.96. The normalized spacial score (nSPS) is 29.4. The van der Waals surface area contributed by atoms with Crippen LogP contribution in [0.2, 0.25) is 0 Å². The molecule has 0 radical (unpaired) electrons. The largest absolute Gasteiger partial charge is 0.481 e. The van der Waals surface area contributed by atoms with Gasteiger partial charge in [0.1, 0.15) is 30.0 Å². The number of aliphatic hydroxyl groups is 2. The number of rotatable bonds is 15. The smallest absolute Gasteiger partial charge is 0.350 e. The van der Waals surface area contributed by atoms with Crippen LogP contribution in [0, 0.1) is 16.7 Å². The summed E-state index contributed by atoms with van der Waals surface area (Å²) in [4.78, 5) is 110. The molecule has 1 unspecified atom stereocenters. The Morgan fingerprint density at radius 3 is 1.97 bits per heavy atom. The van der Waals surface area contributed by atoms with Crippen LogP contribution in [-0.4, -0.2) is 117 Å². The van der Waals surface area contributed by atoms with E-state index in [4.69, 9.17) is 28.4 Å². The van der Waals surface area contributed by atoms with E-state index >= 15 is 9.59 Å². The summed E-state index contributed by atoms with van der Waals surface area (Å²) in [7, 11) is 0. The number of nitrogens with one attached hydrogen (secondary N) is 1. The lowest BCUT2D eigenvalue weighted by Gasteiger charge is -2.67. The zero-order chi connectivity index (χ0) is 50.9. The Kier molecular flexibility index (Phi) is 14.5. The summed E-state index contributed by atoms with van der Waals surface area (Å²) in [5.41, 5.74) is -7.67. The van der Waals surface area contributed by atoms with E-state index in [1.165, 1.54) is 52.0 Å². The number of Topliss-reactive ketones (excluding diaryl/α,β-unsaturated/α-hetero) is 1. The lowest BCUT2D eigenvalue weighted by atomic mass is 9.44. The highest BCUT2D eigenvalue weighted by Crippen LogP contribution is 2.64. The highest BCUT2D eigenvalue weighted by Gasteiger charge is 2.78. The SMILES string of the molecule is CC(=O)O[C@H]1C(=O)[C@@]2(C)[C@H]([C@H](OC(=O)c3ccccc3)[C@]3(O)C[C@H](OC(=O)[C@H](OC(=O)CCCC(=O)O)C(NC(=O)c4ccccc4)c4ccccc4)C(C)=C1C3(C)C)[C@]1(OC(C)=O)CO[C@@H]1C[C@@H]2O. The van der Waals surface area contributed by atoms with Gasteiger partial charge in [-0.2, -0.15) is 0 Å². The predicted octanol–water partition coefficient (Wildman–Crippen LogP) is 4.54. The Balaban J connectivity index is 1.41. The third-order valence-corrected chi connectivity index (χ3v) is 14.5. The Morgan fingerprint density at radius 1 is 0.814 bits per heavy atom. The molecule has 11 atom stereocenters. The van der Waals surface area contributed by atoms with Crippen LogP contribution in [0.1, 0.15) is 106 Å². The average molecular weight is 968 g/mol. The van der Waals surface area contributed by atoms with E-state index in [2.05, 4.69) is 5.32 Å². The number of amides is 1. The fourth-order valence-electron chi connectivity index (χ4n) is 10.9. The number of carbonyl (C=O) groups is 8. The van der Waals surface area contributed by atoms with E-state index in [1.54, 1.807) is 66.7 Å². The zero-order valence-corrected chi connectivity index (χ0v) is 39.6. The van der Waals surface area contributed by atoms with Crippen LogP contribution in [0.25, 0.3) is 0 Å². The van der Waals surface area contributed by atoms with Gasteiger partial charge in [-0.15, -0.1) is 0 Å². The van der Waals surface area contributed by atoms with Gasteiger partial charge in [-0.1, -0.05) is 80.6 Å². The molecule has 4 N–H and O–H groups in total. The molecule has 18 nitrogen and oxygen atoms in total. The van der Waals surface area contributed by atoms with Crippen LogP contribution in [0.3, 0.4) is 0 Å². The van der Waals surface area contributed by atoms with Gasteiger partial charge >= 0.3 is 35.8 Å². The van der Waals surface area contributed by atoms with E-state index in [1.807, 2.05) is 0 Å². The molecule has 0 aromatic heterocycles. The molecule has 2 bridgehead atoms. The molecular formula is C52H57NO17. The monoisotopic (exact) mass is 967 g/mol. The zero-order valence-electron chi connectivity index (χ0n) is 39.6. The molecule has 0 spiro atoms. The number of esters is 5. The highest BCUT2D eigenvalue weighted by atomic mass is 16.6. The van der Waals surface area contributed by atoms with E-state index in [0.717, 1.165) is 13.8 Å². The van der Waals surface area contributed by atoms with E-state index in [0.29, 0.717) is 0 Å². The van der Waals surface area contributed by atoms with Gasteiger partial charge in [-0.05, 0) is 61.2 Å². The van der Waals surface area contributed by atoms with E-state index in [-0.39, 0.29) is 47.3 Å². The second-order valence-corrected chi connectivity index (χ2v) is 19.1. The Hall–Kier alpha value is -6.76. The van der Waals surface area contributed by atoms with Crippen LogP contribution in [0.5, 0.6) is 0 Å². The molecular weight excluding hydrogens is 911 g/mol. The van der Waals surface area contributed by atoms with Crippen LogP contribution in [-0.2, 0) is 57.2 Å². The number of aliphatic hydroxyl groups excluding tert-OH is 1. The lowest BCUT2D eigenvalue weighted by molar-refractivity contribution is -0.346. The van der Waals surface area contributed by atoms with E-state index < -0.39 is 137 Å². The molecule has 372 valence electrons. The summed E-state index contributed by atoms with van der Waals surface area (Å²) < 4.78 is 36.5. The number of carbonyl (C=O) groups excluding carboxylic acids is 7. The fraction of sp³-hybridized carbons (Fsp3) is 0.462. The van der Waals surface area contributed by atoms with Crippen LogP contribution >= 0.6 is 0 Å². The third-order valence-electron chi connectivity index (χ3n) is 14.5. The molecule has 3 aromatic rings. The second-order valence-electron chi connectivity index (χ2n) is 19.1. The molecule has 3 fully saturated rings. The first kappa shape index (κ1) is 51.1. The van der Waals surface area contributed by atoms with Crippen LogP contribution < -0.4 is 5.32 Å². The molecule has 18 heteroatoms. The number of benzene rings is 3. The minimum Gasteiger partial charge on any atom is -0.481 e. The van der Waals surface area contributed by atoms with Crippen molar-refractivity contribution in [1.29, 1.82) is 0 Å². The maximum Gasteiger partial charge on any atom is 0.350 e. The number of carboxylic acids is 1. The van der Waals surface area contributed by atoms with Crippen molar-refractivity contribution in [2.45, 2.75) is 128 Å². The summed E-state index contributed by atoms with van der Waals surface area (Å²) in [6.07, 6.45) is -12.0. The molecule has 3 aromatic carbocycles. The summed E-state index contributed by atoms with van der Waals surface area (Å²) >= 11 is 0. The van der Waals surface area contributed by atoms with E-state index in [9.17, 15) is 44.1 Å². The number of aliphatic carboxylic acids is 1. The van der Waals surface area contributed by atoms with Gasteiger partial charge in [0.25, 0.3) is 5.91 Å².